The van der Waals surface area contributed by atoms with Gasteiger partial charge in [-0.15, -0.1) is 0 Å². The van der Waals surface area contributed by atoms with Crippen molar-refractivity contribution in [1.29, 1.82) is 0 Å². The summed E-state index contributed by atoms with van der Waals surface area (Å²) in [4.78, 5) is 10.3. The minimum absolute atomic E-state index is 0.121. The summed E-state index contributed by atoms with van der Waals surface area (Å²) in [5.74, 6) is 0. The maximum atomic E-state index is 10.8. The molecule has 0 aliphatic carbocycles. The molecular weight excluding hydrogens is 273 g/mol. The van der Waals surface area contributed by atoms with E-state index in [0.717, 1.165) is 0 Å². The molecule has 0 N–H and O–H groups in total. The zero-order valence-electron chi connectivity index (χ0n) is 7.02. The van der Waals surface area contributed by atoms with Gasteiger partial charge in [0.15, 0.2) is 0 Å². The van der Waals surface area contributed by atoms with Gasteiger partial charge in [0, 0.05) is 0 Å². The Morgan fingerprint density at radius 3 is 2.93 bits per heavy atom. The quantitative estimate of drug-likeness (QED) is 0.450. The van der Waals surface area contributed by atoms with E-state index in [4.69, 9.17) is 11.6 Å². The van der Waals surface area contributed by atoms with Gasteiger partial charge in [-0.2, -0.15) is 0 Å². The molecule has 1 aromatic carbocycles. The Morgan fingerprint density at radius 1 is 1.57 bits per heavy atom. The Hall–Kier alpha value is -0.971. The van der Waals surface area contributed by atoms with Crippen molar-refractivity contribution < 1.29 is 4.92 Å². The van der Waals surface area contributed by atoms with Crippen LogP contribution in [0.15, 0.2) is 6.07 Å². The third kappa shape index (κ3) is 1.32. The molecule has 0 spiro atoms. The molecule has 0 aliphatic heterocycles. The van der Waals surface area contributed by atoms with Gasteiger partial charge in [0.1, 0.15) is 0 Å². The van der Waals surface area contributed by atoms with Crippen molar-refractivity contribution in [2.75, 3.05) is 0 Å². The molecule has 1 heterocycles. The summed E-state index contributed by atoms with van der Waals surface area (Å²) >= 11 is 5.56. The first kappa shape index (κ1) is 9.58. The summed E-state index contributed by atoms with van der Waals surface area (Å²) in [6.07, 6.45) is 0. The van der Waals surface area contributed by atoms with Crippen molar-refractivity contribution in [3.8, 4) is 0 Å². The molecule has 2 rings (SSSR count). The minimum atomic E-state index is -0.505. The molecule has 0 unspecified atom stereocenters. The van der Waals surface area contributed by atoms with Crippen molar-refractivity contribution in [3.05, 3.63) is 26.8 Å². The SMILES string of the molecule is Cc1cc2n[se]nc2c([N+](=O)[O-])c1Cl. The molecule has 0 fully saturated rings. The van der Waals surface area contributed by atoms with Crippen LogP contribution in [-0.2, 0) is 0 Å². The van der Waals surface area contributed by atoms with Crippen LogP contribution in [0.5, 0.6) is 0 Å². The summed E-state index contributed by atoms with van der Waals surface area (Å²) in [7, 11) is 0. The van der Waals surface area contributed by atoms with E-state index < -0.39 is 4.92 Å². The molecule has 0 aliphatic rings. The average Bonchev–Trinajstić information content (AvgIpc) is 2.52. The number of nitro groups is 1. The van der Waals surface area contributed by atoms with E-state index in [0.29, 0.717) is 16.6 Å². The molecule has 14 heavy (non-hydrogen) atoms. The Labute approximate surface area is 90.1 Å². The van der Waals surface area contributed by atoms with Crippen molar-refractivity contribution in [2.45, 2.75) is 6.92 Å². The number of nitro benzene ring substituents is 1. The first-order valence-corrected chi connectivity index (χ1v) is 5.58. The van der Waals surface area contributed by atoms with Gasteiger partial charge in [0.05, 0.1) is 0 Å². The molecule has 0 atom stereocenters. The number of halogens is 1. The van der Waals surface area contributed by atoms with Gasteiger partial charge in [0.25, 0.3) is 0 Å². The number of fused-ring (bicyclic) bond motifs is 1. The van der Waals surface area contributed by atoms with E-state index in [-0.39, 0.29) is 25.7 Å². The van der Waals surface area contributed by atoms with Crippen molar-refractivity contribution in [2.24, 2.45) is 0 Å². The molecule has 1 aromatic heterocycles. The molecule has 7 heteroatoms. The van der Waals surface area contributed by atoms with E-state index in [2.05, 4.69) is 7.96 Å². The van der Waals surface area contributed by atoms with Gasteiger partial charge < -0.3 is 0 Å². The molecule has 0 radical (unpaired) electrons. The number of aryl methyl sites for hydroxylation is 1. The fourth-order valence-electron chi connectivity index (χ4n) is 1.18. The van der Waals surface area contributed by atoms with Crippen LogP contribution in [0.3, 0.4) is 0 Å². The number of nitrogens with zero attached hydrogens (tertiary/aromatic N) is 3. The van der Waals surface area contributed by atoms with Crippen molar-refractivity contribution in [1.82, 2.24) is 7.96 Å². The third-order valence-corrected chi connectivity index (χ3v) is 3.44. The number of rotatable bonds is 1. The van der Waals surface area contributed by atoms with Crippen molar-refractivity contribution >= 4 is 43.3 Å². The van der Waals surface area contributed by atoms with Crippen LogP contribution >= 0.6 is 11.6 Å². The van der Waals surface area contributed by atoms with Gasteiger partial charge in [-0.25, -0.2) is 0 Å². The Balaban J connectivity index is 2.93. The molecule has 0 bridgehead atoms. The molecule has 0 amide bonds. The van der Waals surface area contributed by atoms with Crippen LogP contribution < -0.4 is 0 Å². The number of hydrogen-bond acceptors (Lipinski definition) is 4. The van der Waals surface area contributed by atoms with Crippen molar-refractivity contribution in [3.63, 3.8) is 0 Å². The predicted octanol–water partition coefficient (Wildman–Crippen LogP) is 1.56. The normalized spacial score (nSPS) is 10.7. The van der Waals surface area contributed by atoms with E-state index in [1.807, 2.05) is 0 Å². The maximum absolute atomic E-state index is 10.8. The van der Waals surface area contributed by atoms with Gasteiger partial charge in [-0.05, 0) is 0 Å². The molecule has 5 nitrogen and oxygen atoms in total. The second-order valence-electron chi connectivity index (χ2n) is 2.75. The van der Waals surface area contributed by atoms with Gasteiger partial charge in [-0.3, -0.25) is 0 Å². The predicted molar refractivity (Wildman–Crippen MR) is 52.9 cm³/mol. The van der Waals surface area contributed by atoms with Crippen LogP contribution in [0, 0.1) is 17.0 Å². The zero-order chi connectivity index (χ0) is 10.3. The molecule has 0 saturated carbocycles. The second-order valence-corrected chi connectivity index (χ2v) is 4.23. The molecule has 0 saturated heterocycles. The van der Waals surface area contributed by atoms with E-state index in [9.17, 15) is 10.1 Å². The molecule has 72 valence electrons. The van der Waals surface area contributed by atoms with Crippen LogP contribution in [0.4, 0.5) is 5.69 Å². The summed E-state index contributed by atoms with van der Waals surface area (Å²) in [6, 6.07) is 1.73. The van der Waals surface area contributed by atoms with E-state index in [1.54, 1.807) is 13.0 Å². The Kier molecular flexibility index (Phi) is 2.26. The summed E-state index contributed by atoms with van der Waals surface area (Å²) in [5, 5.41) is 10.9. The monoisotopic (exact) mass is 277 g/mol. The fraction of sp³-hybridized carbons (Fsp3) is 0.143. The Bertz CT molecular complexity index is 525. The van der Waals surface area contributed by atoms with Crippen LogP contribution in [0.1, 0.15) is 5.56 Å². The number of aromatic nitrogens is 2. The number of hydrogen-bond donors (Lipinski definition) is 0. The second kappa shape index (κ2) is 3.31. The first-order chi connectivity index (χ1) is 6.61. The van der Waals surface area contributed by atoms with E-state index in [1.165, 1.54) is 0 Å². The van der Waals surface area contributed by atoms with Crippen LogP contribution in [0.25, 0.3) is 11.0 Å². The van der Waals surface area contributed by atoms with Crippen LogP contribution in [-0.4, -0.2) is 27.8 Å². The standard InChI is InChI=1S/C7H4ClN3O2Se/c1-3-2-4-6(10-14-9-4)7(5(3)8)11(12)13/h2H,1H3. The van der Waals surface area contributed by atoms with Crippen LogP contribution in [0.2, 0.25) is 5.02 Å². The van der Waals surface area contributed by atoms with Gasteiger partial charge in [-0.1, -0.05) is 0 Å². The van der Waals surface area contributed by atoms with Gasteiger partial charge >= 0.3 is 89.9 Å². The zero-order valence-corrected chi connectivity index (χ0v) is 9.49. The average molecular weight is 277 g/mol. The van der Waals surface area contributed by atoms with E-state index >= 15 is 0 Å². The summed E-state index contributed by atoms with van der Waals surface area (Å²) in [5.41, 5.74) is 1.45. The third-order valence-electron chi connectivity index (χ3n) is 1.83. The summed E-state index contributed by atoms with van der Waals surface area (Å²) in [6.45, 7) is 1.72. The summed E-state index contributed by atoms with van der Waals surface area (Å²) < 4.78 is 8.07. The fourth-order valence-corrected chi connectivity index (χ4v) is 2.50. The number of benzene rings is 1. The Morgan fingerprint density at radius 2 is 2.29 bits per heavy atom. The topological polar surface area (TPSA) is 68.9 Å². The molecular formula is C7H4ClN3O2Se. The van der Waals surface area contributed by atoms with Gasteiger partial charge in [0.2, 0.25) is 0 Å². The first-order valence-electron chi connectivity index (χ1n) is 3.67. The molecule has 2 aromatic rings.